The zero-order valence-electron chi connectivity index (χ0n) is 11.0. The third-order valence-corrected chi connectivity index (χ3v) is 2.87. The van der Waals surface area contributed by atoms with Crippen molar-refractivity contribution in [1.29, 1.82) is 0 Å². The molecule has 0 saturated heterocycles. The van der Waals surface area contributed by atoms with E-state index in [-0.39, 0.29) is 12.1 Å². The van der Waals surface area contributed by atoms with E-state index in [0.29, 0.717) is 11.4 Å². The van der Waals surface area contributed by atoms with Crippen molar-refractivity contribution < 1.29 is 13.9 Å². The Morgan fingerprint density at radius 1 is 1.30 bits per heavy atom. The van der Waals surface area contributed by atoms with Gasteiger partial charge in [0, 0.05) is 17.8 Å². The maximum atomic E-state index is 13.6. The molecular formula is C15H15FN2O2. The fourth-order valence-corrected chi connectivity index (χ4v) is 1.84. The predicted molar refractivity (Wildman–Crippen MR) is 75.0 cm³/mol. The molecule has 0 saturated carbocycles. The molecule has 0 aliphatic rings. The third kappa shape index (κ3) is 3.06. The normalized spacial score (nSPS) is 10.1. The van der Waals surface area contributed by atoms with E-state index in [9.17, 15) is 9.18 Å². The van der Waals surface area contributed by atoms with Crippen LogP contribution in [0.3, 0.4) is 0 Å². The van der Waals surface area contributed by atoms with Crippen LogP contribution in [0.2, 0.25) is 0 Å². The molecule has 2 rings (SSSR count). The van der Waals surface area contributed by atoms with Crippen LogP contribution in [0.5, 0.6) is 5.75 Å². The molecular weight excluding hydrogens is 259 g/mol. The van der Waals surface area contributed by atoms with Gasteiger partial charge in [-0.1, -0.05) is 18.2 Å². The Labute approximate surface area is 116 Å². The topological polar surface area (TPSA) is 64.3 Å². The second-order valence-corrected chi connectivity index (χ2v) is 4.23. The van der Waals surface area contributed by atoms with E-state index in [0.717, 1.165) is 5.56 Å². The summed E-state index contributed by atoms with van der Waals surface area (Å²) in [7, 11) is 1.55. The lowest BCUT2D eigenvalue weighted by Gasteiger charge is -2.10. The van der Waals surface area contributed by atoms with Crippen molar-refractivity contribution in [2.75, 3.05) is 12.8 Å². The van der Waals surface area contributed by atoms with Gasteiger partial charge in [0.05, 0.1) is 12.7 Å². The van der Waals surface area contributed by atoms with E-state index in [1.165, 1.54) is 18.2 Å². The molecule has 0 fully saturated rings. The monoisotopic (exact) mass is 274 g/mol. The fraction of sp³-hybridized carbons (Fsp3) is 0.133. The number of nitrogens with two attached hydrogens (primary N) is 1. The Morgan fingerprint density at radius 2 is 2.05 bits per heavy atom. The first-order valence-electron chi connectivity index (χ1n) is 6.07. The van der Waals surface area contributed by atoms with Crippen molar-refractivity contribution in [1.82, 2.24) is 5.32 Å². The summed E-state index contributed by atoms with van der Waals surface area (Å²) in [5, 5.41) is 2.64. The van der Waals surface area contributed by atoms with Crippen LogP contribution in [-0.2, 0) is 6.54 Å². The van der Waals surface area contributed by atoms with E-state index >= 15 is 0 Å². The molecule has 0 unspecified atom stereocenters. The maximum absolute atomic E-state index is 13.6. The molecule has 0 heterocycles. The molecule has 0 spiro atoms. The molecule has 5 heteroatoms. The van der Waals surface area contributed by atoms with Crippen molar-refractivity contribution in [2.45, 2.75) is 6.54 Å². The first-order chi connectivity index (χ1) is 9.61. The van der Waals surface area contributed by atoms with Gasteiger partial charge in [0.25, 0.3) is 5.91 Å². The van der Waals surface area contributed by atoms with Crippen LogP contribution in [-0.4, -0.2) is 13.0 Å². The summed E-state index contributed by atoms with van der Waals surface area (Å²) in [6, 6.07) is 11.2. The molecule has 1 amide bonds. The van der Waals surface area contributed by atoms with Crippen LogP contribution < -0.4 is 15.8 Å². The summed E-state index contributed by atoms with van der Waals surface area (Å²) in [4.78, 5) is 11.9. The first kappa shape index (κ1) is 13.9. The molecule has 0 aliphatic heterocycles. The lowest BCUT2D eigenvalue weighted by Crippen LogP contribution is -2.24. The molecule has 4 nitrogen and oxygen atoms in total. The molecule has 0 aromatic heterocycles. The average molecular weight is 274 g/mol. The lowest BCUT2D eigenvalue weighted by atomic mass is 10.1. The number of ether oxygens (including phenoxy) is 1. The van der Waals surface area contributed by atoms with Crippen molar-refractivity contribution in [3.05, 3.63) is 59.4 Å². The number of hydrogen-bond acceptors (Lipinski definition) is 3. The van der Waals surface area contributed by atoms with Crippen LogP contribution in [0.4, 0.5) is 10.1 Å². The number of halogens is 1. The van der Waals surface area contributed by atoms with E-state index < -0.39 is 11.7 Å². The van der Waals surface area contributed by atoms with Gasteiger partial charge in [0.15, 0.2) is 0 Å². The van der Waals surface area contributed by atoms with Crippen LogP contribution >= 0.6 is 0 Å². The standard InChI is InChI=1S/C15H15FN2O2/c1-20-14-5-3-2-4-10(14)9-18-15(19)12-8-11(17)6-7-13(12)16/h2-8H,9,17H2,1H3,(H,18,19). The Hall–Kier alpha value is -2.56. The summed E-state index contributed by atoms with van der Waals surface area (Å²) >= 11 is 0. The Morgan fingerprint density at radius 3 is 2.80 bits per heavy atom. The predicted octanol–water partition coefficient (Wildman–Crippen LogP) is 2.35. The van der Waals surface area contributed by atoms with Gasteiger partial charge < -0.3 is 15.8 Å². The first-order valence-corrected chi connectivity index (χ1v) is 6.07. The van der Waals surface area contributed by atoms with E-state index in [2.05, 4.69) is 5.32 Å². The molecule has 104 valence electrons. The number of amides is 1. The Bertz CT molecular complexity index is 629. The molecule has 0 aliphatic carbocycles. The number of nitrogen functional groups attached to an aromatic ring is 1. The number of rotatable bonds is 4. The Balaban J connectivity index is 2.11. The minimum atomic E-state index is -0.600. The summed E-state index contributed by atoms with van der Waals surface area (Å²) in [5.41, 5.74) is 6.64. The van der Waals surface area contributed by atoms with Crippen LogP contribution in [0.1, 0.15) is 15.9 Å². The number of benzene rings is 2. The van der Waals surface area contributed by atoms with Gasteiger partial charge >= 0.3 is 0 Å². The number of carbonyl (C=O) groups excluding carboxylic acids is 1. The van der Waals surface area contributed by atoms with Gasteiger partial charge in [0.1, 0.15) is 11.6 Å². The van der Waals surface area contributed by atoms with Crippen molar-refractivity contribution in [3.63, 3.8) is 0 Å². The second-order valence-electron chi connectivity index (χ2n) is 4.23. The third-order valence-electron chi connectivity index (χ3n) is 2.87. The maximum Gasteiger partial charge on any atom is 0.254 e. The smallest absolute Gasteiger partial charge is 0.254 e. The number of carbonyl (C=O) groups is 1. The van der Waals surface area contributed by atoms with E-state index in [4.69, 9.17) is 10.5 Å². The zero-order chi connectivity index (χ0) is 14.5. The number of hydrogen-bond donors (Lipinski definition) is 2. The van der Waals surface area contributed by atoms with Gasteiger partial charge in [-0.25, -0.2) is 4.39 Å². The highest BCUT2D eigenvalue weighted by Gasteiger charge is 2.12. The summed E-state index contributed by atoms with van der Waals surface area (Å²) in [6.07, 6.45) is 0. The highest BCUT2D eigenvalue weighted by Crippen LogP contribution is 2.17. The van der Waals surface area contributed by atoms with Crippen LogP contribution in [0, 0.1) is 5.82 Å². The minimum Gasteiger partial charge on any atom is -0.496 e. The number of nitrogens with one attached hydrogen (secondary N) is 1. The second kappa shape index (κ2) is 6.06. The molecule has 0 radical (unpaired) electrons. The molecule has 0 bridgehead atoms. The average Bonchev–Trinajstić information content (AvgIpc) is 2.47. The molecule has 3 N–H and O–H groups in total. The van der Waals surface area contributed by atoms with Crippen LogP contribution in [0.15, 0.2) is 42.5 Å². The van der Waals surface area contributed by atoms with Crippen molar-refractivity contribution in [3.8, 4) is 5.75 Å². The quantitative estimate of drug-likeness (QED) is 0.841. The van der Waals surface area contributed by atoms with Crippen molar-refractivity contribution >= 4 is 11.6 Å². The number of anilines is 1. The summed E-state index contributed by atoms with van der Waals surface area (Å²) in [5.74, 6) is -0.446. The Kier molecular flexibility index (Phi) is 4.20. The summed E-state index contributed by atoms with van der Waals surface area (Å²) < 4.78 is 18.7. The lowest BCUT2D eigenvalue weighted by molar-refractivity contribution is 0.0946. The summed E-state index contributed by atoms with van der Waals surface area (Å²) in [6.45, 7) is 0.247. The number of para-hydroxylation sites is 1. The van der Waals surface area contributed by atoms with Crippen molar-refractivity contribution in [2.24, 2.45) is 0 Å². The fourth-order valence-electron chi connectivity index (χ4n) is 1.84. The van der Waals surface area contributed by atoms with Gasteiger partial charge in [-0.05, 0) is 24.3 Å². The van der Waals surface area contributed by atoms with Gasteiger partial charge in [-0.15, -0.1) is 0 Å². The van der Waals surface area contributed by atoms with Gasteiger partial charge in [-0.2, -0.15) is 0 Å². The molecule has 0 atom stereocenters. The zero-order valence-corrected chi connectivity index (χ0v) is 11.0. The highest BCUT2D eigenvalue weighted by atomic mass is 19.1. The van der Waals surface area contributed by atoms with E-state index in [1.54, 1.807) is 13.2 Å². The SMILES string of the molecule is COc1ccccc1CNC(=O)c1cc(N)ccc1F. The molecule has 2 aromatic carbocycles. The largest absolute Gasteiger partial charge is 0.496 e. The van der Waals surface area contributed by atoms with Gasteiger partial charge in [-0.3, -0.25) is 4.79 Å². The molecule has 20 heavy (non-hydrogen) atoms. The molecule has 2 aromatic rings. The minimum absolute atomic E-state index is 0.0695. The van der Waals surface area contributed by atoms with E-state index in [1.807, 2.05) is 18.2 Å². The van der Waals surface area contributed by atoms with Crippen LogP contribution in [0.25, 0.3) is 0 Å². The highest BCUT2D eigenvalue weighted by molar-refractivity contribution is 5.95. The number of methoxy groups -OCH3 is 1. The van der Waals surface area contributed by atoms with Gasteiger partial charge in [0.2, 0.25) is 0 Å².